The number of hydrogen-bond donors (Lipinski definition) is 1. The van der Waals surface area contributed by atoms with Gasteiger partial charge >= 0.3 is 0 Å². The van der Waals surface area contributed by atoms with Crippen LogP contribution in [-0.2, 0) is 0 Å². The van der Waals surface area contributed by atoms with Crippen molar-refractivity contribution in [1.29, 1.82) is 0 Å². The van der Waals surface area contributed by atoms with Gasteiger partial charge in [-0.25, -0.2) is 0 Å². The van der Waals surface area contributed by atoms with E-state index in [-0.39, 0.29) is 0 Å². The Morgan fingerprint density at radius 1 is 1.23 bits per heavy atom. The molecule has 0 radical (unpaired) electrons. The van der Waals surface area contributed by atoms with Gasteiger partial charge in [-0.15, -0.1) is 0 Å². The molecule has 0 saturated carbocycles. The summed E-state index contributed by atoms with van der Waals surface area (Å²) in [6.07, 6.45) is 1.91. The maximum Gasteiger partial charge on any atom is 0.0457 e. The lowest BCUT2D eigenvalue weighted by Gasteiger charge is -2.03. The van der Waals surface area contributed by atoms with Gasteiger partial charge < -0.3 is 4.98 Å². The average molecular weight is 192 g/mol. The van der Waals surface area contributed by atoms with Gasteiger partial charge in [0.15, 0.2) is 0 Å². The molecule has 0 atom stereocenters. The largest absolute Gasteiger partial charge is 0.361 e. The Morgan fingerprint density at radius 2 is 2.08 bits per heavy atom. The smallest absolute Gasteiger partial charge is 0.0457 e. The third-order valence-corrected chi connectivity index (χ3v) is 2.32. The van der Waals surface area contributed by atoms with E-state index < -0.39 is 0 Å². The standard InChI is InChI=1S/C11H10ClN/c1-8-4-5-9(12)7-10(8)11-3-2-6-13-11/h2-7,13H,1H3. The number of rotatable bonds is 1. The van der Waals surface area contributed by atoms with E-state index in [0.717, 1.165) is 16.3 Å². The Kier molecular flexibility index (Phi) is 2.11. The van der Waals surface area contributed by atoms with E-state index in [1.807, 2.05) is 36.5 Å². The van der Waals surface area contributed by atoms with Crippen molar-refractivity contribution in [3.63, 3.8) is 0 Å². The van der Waals surface area contributed by atoms with Gasteiger partial charge in [-0.3, -0.25) is 0 Å². The first-order chi connectivity index (χ1) is 6.27. The second kappa shape index (κ2) is 3.27. The van der Waals surface area contributed by atoms with E-state index in [4.69, 9.17) is 11.6 Å². The summed E-state index contributed by atoms with van der Waals surface area (Å²) in [5.41, 5.74) is 3.50. The number of halogens is 1. The Hall–Kier alpha value is -1.21. The van der Waals surface area contributed by atoms with Crippen LogP contribution in [0.1, 0.15) is 5.56 Å². The van der Waals surface area contributed by atoms with Gasteiger partial charge in [0.2, 0.25) is 0 Å². The molecule has 0 aliphatic heterocycles. The zero-order chi connectivity index (χ0) is 9.26. The summed E-state index contributed by atoms with van der Waals surface area (Å²) in [5.74, 6) is 0. The van der Waals surface area contributed by atoms with Crippen molar-refractivity contribution < 1.29 is 0 Å². The molecule has 66 valence electrons. The molecule has 1 aromatic carbocycles. The van der Waals surface area contributed by atoms with E-state index in [9.17, 15) is 0 Å². The van der Waals surface area contributed by atoms with Crippen LogP contribution < -0.4 is 0 Å². The molecule has 0 unspecified atom stereocenters. The molecule has 0 bridgehead atoms. The van der Waals surface area contributed by atoms with E-state index in [0.29, 0.717) is 0 Å². The predicted molar refractivity (Wildman–Crippen MR) is 56.0 cm³/mol. The number of nitrogens with one attached hydrogen (secondary N) is 1. The van der Waals surface area contributed by atoms with Crippen LogP contribution >= 0.6 is 11.6 Å². The van der Waals surface area contributed by atoms with Crippen molar-refractivity contribution in [2.45, 2.75) is 6.92 Å². The second-order valence-electron chi connectivity index (χ2n) is 3.04. The zero-order valence-electron chi connectivity index (χ0n) is 7.34. The summed E-state index contributed by atoms with van der Waals surface area (Å²) in [7, 11) is 0. The van der Waals surface area contributed by atoms with Crippen LogP contribution in [0.25, 0.3) is 11.3 Å². The summed E-state index contributed by atoms with van der Waals surface area (Å²) in [4.78, 5) is 3.16. The van der Waals surface area contributed by atoms with Crippen LogP contribution in [0.15, 0.2) is 36.5 Å². The lowest BCUT2D eigenvalue weighted by molar-refractivity contribution is 1.37. The van der Waals surface area contributed by atoms with Crippen molar-refractivity contribution in [3.8, 4) is 11.3 Å². The highest BCUT2D eigenvalue weighted by atomic mass is 35.5. The highest BCUT2D eigenvalue weighted by molar-refractivity contribution is 6.30. The average Bonchev–Trinajstić information content (AvgIpc) is 2.61. The Bertz CT molecular complexity index is 404. The fourth-order valence-corrected chi connectivity index (χ4v) is 1.55. The minimum absolute atomic E-state index is 0.773. The third kappa shape index (κ3) is 1.61. The number of hydrogen-bond acceptors (Lipinski definition) is 0. The fraction of sp³-hybridized carbons (Fsp3) is 0.0909. The maximum atomic E-state index is 5.92. The quantitative estimate of drug-likeness (QED) is 0.709. The van der Waals surface area contributed by atoms with E-state index >= 15 is 0 Å². The summed E-state index contributed by atoms with van der Waals surface area (Å²) >= 11 is 5.92. The SMILES string of the molecule is Cc1ccc(Cl)cc1-c1ccc[nH]1. The van der Waals surface area contributed by atoms with Crippen LogP contribution in [0, 0.1) is 6.92 Å². The van der Waals surface area contributed by atoms with Crippen molar-refractivity contribution >= 4 is 11.6 Å². The minimum atomic E-state index is 0.773. The molecule has 2 rings (SSSR count). The molecule has 0 aliphatic carbocycles. The first-order valence-electron chi connectivity index (χ1n) is 4.17. The number of aromatic amines is 1. The van der Waals surface area contributed by atoms with E-state index in [1.165, 1.54) is 5.56 Å². The van der Waals surface area contributed by atoms with Crippen LogP contribution in [-0.4, -0.2) is 4.98 Å². The summed E-state index contributed by atoms with van der Waals surface area (Å²) in [6.45, 7) is 2.08. The molecule has 0 fully saturated rings. The molecule has 2 aromatic rings. The van der Waals surface area contributed by atoms with Crippen molar-refractivity contribution in [2.24, 2.45) is 0 Å². The number of H-pyrrole nitrogens is 1. The maximum absolute atomic E-state index is 5.92. The molecule has 2 heteroatoms. The normalized spacial score (nSPS) is 10.3. The molecule has 0 saturated heterocycles. The van der Waals surface area contributed by atoms with E-state index in [2.05, 4.69) is 11.9 Å². The fourth-order valence-electron chi connectivity index (χ4n) is 1.38. The highest BCUT2D eigenvalue weighted by Crippen LogP contribution is 2.24. The summed E-state index contributed by atoms with van der Waals surface area (Å²) in [6, 6.07) is 9.93. The Labute approximate surface area is 82.4 Å². The molecule has 1 aromatic heterocycles. The Morgan fingerprint density at radius 3 is 2.77 bits per heavy atom. The number of aryl methyl sites for hydroxylation is 1. The molecule has 0 spiro atoms. The monoisotopic (exact) mass is 191 g/mol. The molecular formula is C11H10ClN. The van der Waals surface area contributed by atoms with Crippen LogP contribution in [0.5, 0.6) is 0 Å². The Balaban J connectivity index is 2.57. The van der Waals surface area contributed by atoms with Gasteiger partial charge in [0.25, 0.3) is 0 Å². The van der Waals surface area contributed by atoms with Crippen molar-refractivity contribution in [3.05, 3.63) is 47.1 Å². The van der Waals surface area contributed by atoms with Crippen LogP contribution in [0.2, 0.25) is 5.02 Å². The first kappa shape index (κ1) is 8.39. The van der Waals surface area contributed by atoms with Crippen molar-refractivity contribution in [2.75, 3.05) is 0 Å². The van der Waals surface area contributed by atoms with Crippen LogP contribution in [0.4, 0.5) is 0 Å². The highest BCUT2D eigenvalue weighted by Gasteiger charge is 2.02. The molecule has 1 heterocycles. The van der Waals surface area contributed by atoms with Gasteiger partial charge in [0.05, 0.1) is 0 Å². The first-order valence-corrected chi connectivity index (χ1v) is 4.55. The summed E-state index contributed by atoms with van der Waals surface area (Å²) in [5, 5.41) is 0.773. The summed E-state index contributed by atoms with van der Waals surface area (Å²) < 4.78 is 0. The molecule has 1 nitrogen and oxygen atoms in total. The van der Waals surface area contributed by atoms with E-state index in [1.54, 1.807) is 0 Å². The topological polar surface area (TPSA) is 15.8 Å². The van der Waals surface area contributed by atoms with Gasteiger partial charge in [-0.1, -0.05) is 17.7 Å². The molecule has 0 amide bonds. The lowest BCUT2D eigenvalue weighted by atomic mass is 10.1. The molecule has 1 N–H and O–H groups in total. The van der Waals surface area contributed by atoms with Gasteiger partial charge in [0.1, 0.15) is 0 Å². The molecule has 13 heavy (non-hydrogen) atoms. The molecular weight excluding hydrogens is 182 g/mol. The molecule has 0 aliphatic rings. The lowest BCUT2D eigenvalue weighted by Crippen LogP contribution is -1.82. The van der Waals surface area contributed by atoms with Gasteiger partial charge in [-0.05, 0) is 36.8 Å². The zero-order valence-corrected chi connectivity index (χ0v) is 8.10. The number of benzene rings is 1. The number of aromatic nitrogens is 1. The van der Waals surface area contributed by atoms with Gasteiger partial charge in [-0.2, -0.15) is 0 Å². The minimum Gasteiger partial charge on any atom is -0.361 e. The predicted octanol–water partition coefficient (Wildman–Crippen LogP) is 3.64. The van der Waals surface area contributed by atoms with Gasteiger partial charge in [0, 0.05) is 22.5 Å². The third-order valence-electron chi connectivity index (χ3n) is 2.09. The second-order valence-corrected chi connectivity index (χ2v) is 3.48. The van der Waals surface area contributed by atoms with Crippen molar-refractivity contribution in [1.82, 2.24) is 4.98 Å². The van der Waals surface area contributed by atoms with Crippen LogP contribution in [0.3, 0.4) is 0 Å².